The molecule has 5 nitrogen and oxygen atoms in total. The first-order valence-corrected chi connectivity index (χ1v) is 8.74. The van der Waals surface area contributed by atoms with Gasteiger partial charge in [-0.15, -0.1) is 0 Å². The molecule has 2 aromatic rings. The first-order chi connectivity index (χ1) is 11.6. The smallest absolute Gasteiger partial charge is 0.252 e. The van der Waals surface area contributed by atoms with Crippen molar-refractivity contribution in [3.63, 3.8) is 0 Å². The summed E-state index contributed by atoms with van der Waals surface area (Å²) in [7, 11) is 0. The molecule has 1 aromatic heterocycles. The average Bonchev–Trinajstić information content (AvgIpc) is 3.04. The van der Waals surface area contributed by atoms with Gasteiger partial charge in [0.2, 0.25) is 5.91 Å². The number of aryl methyl sites for hydroxylation is 1. The van der Waals surface area contributed by atoms with E-state index in [9.17, 15) is 9.59 Å². The maximum atomic E-state index is 12.5. The topological polar surface area (TPSA) is 65.2 Å². The summed E-state index contributed by atoms with van der Waals surface area (Å²) >= 11 is 0. The summed E-state index contributed by atoms with van der Waals surface area (Å²) in [6, 6.07) is 8.06. The van der Waals surface area contributed by atoms with Crippen molar-refractivity contribution in [3.05, 3.63) is 45.7 Å². The lowest BCUT2D eigenvalue weighted by atomic mass is 9.91. The van der Waals surface area contributed by atoms with Crippen LogP contribution in [0.5, 0.6) is 0 Å². The van der Waals surface area contributed by atoms with E-state index in [0.29, 0.717) is 13.1 Å². The molecule has 0 bridgehead atoms. The molecule has 24 heavy (non-hydrogen) atoms. The lowest BCUT2D eigenvalue weighted by molar-refractivity contribution is -0.137. The van der Waals surface area contributed by atoms with E-state index in [2.05, 4.69) is 21.3 Å². The van der Waals surface area contributed by atoms with Crippen molar-refractivity contribution in [1.82, 2.24) is 15.2 Å². The number of piperazine rings is 1. The van der Waals surface area contributed by atoms with Gasteiger partial charge in [0.1, 0.15) is 5.54 Å². The van der Waals surface area contributed by atoms with Crippen LogP contribution in [-0.2, 0) is 11.3 Å². The van der Waals surface area contributed by atoms with Crippen LogP contribution in [0.25, 0.3) is 10.9 Å². The van der Waals surface area contributed by atoms with E-state index < -0.39 is 5.54 Å². The first kappa shape index (κ1) is 15.4. The summed E-state index contributed by atoms with van der Waals surface area (Å²) in [5.74, 6) is 0.138. The third-order valence-electron chi connectivity index (χ3n) is 5.57. The number of carbonyl (C=O) groups is 1. The summed E-state index contributed by atoms with van der Waals surface area (Å²) in [6.45, 7) is 4.01. The Bertz CT molecular complexity index is 849. The quantitative estimate of drug-likeness (QED) is 0.888. The van der Waals surface area contributed by atoms with Gasteiger partial charge >= 0.3 is 0 Å². The molecule has 1 saturated heterocycles. The number of pyridine rings is 1. The highest BCUT2D eigenvalue weighted by Gasteiger charge is 2.47. The van der Waals surface area contributed by atoms with Gasteiger partial charge in [0.25, 0.3) is 5.56 Å². The Morgan fingerprint density at radius 2 is 1.96 bits per heavy atom. The number of aromatic amines is 1. The molecule has 1 aromatic carbocycles. The molecule has 2 N–H and O–H groups in total. The van der Waals surface area contributed by atoms with E-state index in [4.69, 9.17) is 0 Å². The highest BCUT2D eigenvalue weighted by atomic mass is 16.2. The average molecular weight is 325 g/mol. The second-order valence-electron chi connectivity index (χ2n) is 7.13. The van der Waals surface area contributed by atoms with Crippen molar-refractivity contribution >= 4 is 16.8 Å². The van der Waals surface area contributed by atoms with E-state index in [1.807, 2.05) is 25.1 Å². The van der Waals surface area contributed by atoms with Crippen molar-refractivity contribution in [2.75, 3.05) is 13.1 Å². The number of nitrogens with one attached hydrogen (secondary N) is 2. The molecule has 5 heteroatoms. The fraction of sp³-hybridized carbons (Fsp3) is 0.474. The summed E-state index contributed by atoms with van der Waals surface area (Å²) in [4.78, 5) is 30.3. The minimum absolute atomic E-state index is 0.0489. The second-order valence-corrected chi connectivity index (χ2v) is 7.13. The highest BCUT2D eigenvalue weighted by molar-refractivity contribution is 5.87. The van der Waals surface area contributed by atoms with Gasteiger partial charge in [-0.2, -0.15) is 0 Å². The van der Waals surface area contributed by atoms with Crippen LogP contribution < -0.4 is 10.9 Å². The van der Waals surface area contributed by atoms with E-state index in [0.717, 1.165) is 54.3 Å². The first-order valence-electron chi connectivity index (χ1n) is 8.74. The molecule has 1 saturated carbocycles. The van der Waals surface area contributed by atoms with Crippen LogP contribution in [0, 0.1) is 6.92 Å². The molecule has 0 radical (unpaired) electrons. The fourth-order valence-corrected chi connectivity index (χ4v) is 4.24. The molecule has 2 aliphatic rings. The van der Waals surface area contributed by atoms with Crippen molar-refractivity contribution < 1.29 is 4.79 Å². The number of amides is 1. The number of hydrogen-bond acceptors (Lipinski definition) is 3. The molecule has 1 spiro atoms. The van der Waals surface area contributed by atoms with E-state index in [1.165, 1.54) is 0 Å². The van der Waals surface area contributed by atoms with Gasteiger partial charge < -0.3 is 10.3 Å². The van der Waals surface area contributed by atoms with Crippen LogP contribution in [0.15, 0.2) is 29.1 Å². The Kier molecular flexibility index (Phi) is 3.68. The summed E-state index contributed by atoms with van der Waals surface area (Å²) in [5.41, 5.74) is 2.28. The van der Waals surface area contributed by atoms with Crippen molar-refractivity contribution in [3.8, 4) is 0 Å². The maximum Gasteiger partial charge on any atom is 0.252 e. The lowest BCUT2D eigenvalue weighted by Crippen LogP contribution is -2.63. The summed E-state index contributed by atoms with van der Waals surface area (Å²) in [5, 5.41) is 4.05. The van der Waals surface area contributed by atoms with Gasteiger partial charge in [-0.25, -0.2) is 0 Å². The Labute approximate surface area is 141 Å². The zero-order valence-corrected chi connectivity index (χ0v) is 14.0. The molecule has 0 atom stereocenters. The van der Waals surface area contributed by atoms with Crippen molar-refractivity contribution in [2.45, 2.75) is 44.7 Å². The standard InChI is InChI=1S/C19H23N3O2/c1-13-4-5-14-11-15(17(23)21-16(14)10-13)12-22-9-8-20-18(24)19(22)6-2-3-7-19/h4-5,10-11H,2-3,6-9,12H2,1H3,(H,20,24)(H,21,23). The number of hydrogen-bond donors (Lipinski definition) is 2. The number of benzene rings is 1. The predicted molar refractivity (Wildman–Crippen MR) is 93.9 cm³/mol. The lowest BCUT2D eigenvalue weighted by Gasteiger charge is -2.43. The van der Waals surface area contributed by atoms with Crippen LogP contribution in [0.3, 0.4) is 0 Å². The van der Waals surface area contributed by atoms with Crippen molar-refractivity contribution in [1.29, 1.82) is 0 Å². The van der Waals surface area contributed by atoms with Gasteiger partial charge in [-0.3, -0.25) is 14.5 Å². The predicted octanol–water partition coefficient (Wildman–Crippen LogP) is 2.08. The van der Waals surface area contributed by atoms with Gasteiger partial charge in [0.05, 0.1) is 0 Å². The Hall–Kier alpha value is -2.14. The largest absolute Gasteiger partial charge is 0.353 e. The molecule has 4 rings (SSSR count). The molecule has 2 fully saturated rings. The van der Waals surface area contributed by atoms with Crippen LogP contribution >= 0.6 is 0 Å². The fourth-order valence-electron chi connectivity index (χ4n) is 4.24. The molecular weight excluding hydrogens is 302 g/mol. The normalized spacial score (nSPS) is 20.6. The Morgan fingerprint density at radius 3 is 2.75 bits per heavy atom. The third-order valence-corrected chi connectivity index (χ3v) is 5.57. The summed E-state index contributed by atoms with van der Waals surface area (Å²) < 4.78 is 0. The van der Waals surface area contributed by atoms with Gasteiger partial charge in [0, 0.05) is 30.7 Å². The molecule has 1 aliphatic heterocycles. The van der Waals surface area contributed by atoms with Crippen LogP contribution in [0.2, 0.25) is 0 Å². The minimum atomic E-state index is -0.410. The van der Waals surface area contributed by atoms with Crippen LogP contribution in [-0.4, -0.2) is 34.4 Å². The van der Waals surface area contributed by atoms with Crippen LogP contribution in [0.4, 0.5) is 0 Å². The van der Waals surface area contributed by atoms with Gasteiger partial charge in [-0.05, 0) is 42.8 Å². The summed E-state index contributed by atoms with van der Waals surface area (Å²) in [6.07, 6.45) is 3.95. The maximum absolute atomic E-state index is 12.5. The second kappa shape index (κ2) is 5.74. The van der Waals surface area contributed by atoms with Crippen molar-refractivity contribution in [2.24, 2.45) is 0 Å². The van der Waals surface area contributed by atoms with Gasteiger partial charge in [0.15, 0.2) is 0 Å². The molecule has 0 unspecified atom stereocenters. The number of fused-ring (bicyclic) bond motifs is 1. The highest BCUT2D eigenvalue weighted by Crippen LogP contribution is 2.37. The van der Waals surface area contributed by atoms with E-state index >= 15 is 0 Å². The monoisotopic (exact) mass is 325 g/mol. The number of rotatable bonds is 2. The molecule has 1 aliphatic carbocycles. The number of aromatic nitrogens is 1. The van der Waals surface area contributed by atoms with Crippen LogP contribution in [0.1, 0.15) is 36.8 Å². The molecule has 1 amide bonds. The number of nitrogens with zero attached hydrogens (tertiary/aromatic N) is 1. The number of H-pyrrole nitrogens is 1. The molecule has 2 heterocycles. The molecule has 126 valence electrons. The molecular formula is C19H23N3O2. The SMILES string of the molecule is Cc1ccc2cc(CN3CCNC(=O)C34CCCC4)c(=O)[nH]c2c1. The van der Waals surface area contributed by atoms with E-state index in [1.54, 1.807) is 0 Å². The Balaban J connectivity index is 1.70. The third kappa shape index (κ3) is 2.44. The van der Waals surface area contributed by atoms with E-state index in [-0.39, 0.29) is 11.5 Å². The minimum Gasteiger partial charge on any atom is -0.353 e. The zero-order chi connectivity index (χ0) is 16.7. The van der Waals surface area contributed by atoms with Gasteiger partial charge in [-0.1, -0.05) is 25.0 Å². The Morgan fingerprint density at radius 1 is 1.17 bits per heavy atom. The number of carbonyl (C=O) groups excluding carboxylic acids is 1. The zero-order valence-electron chi connectivity index (χ0n) is 14.0.